The van der Waals surface area contributed by atoms with Crippen LogP contribution in [-0.4, -0.2) is 43.6 Å². The normalized spacial score (nSPS) is 16.8. The Hall–Kier alpha value is -1.78. The third-order valence-electron chi connectivity index (χ3n) is 5.71. The Morgan fingerprint density at radius 3 is 2.48 bits per heavy atom. The standard InChI is InChI=1S/C24H28BrN3O3S2/c1-3-6-18(2)28-23(21-7-4-5-8-22(21)25)17-32-24(28)26-19-9-11-20(12-10-19)33(29,30)27-13-15-31-16-14-27/h4-5,7-12,17-18H,3,6,13-16H2,1-2H3. The molecule has 1 atom stereocenters. The summed E-state index contributed by atoms with van der Waals surface area (Å²) in [6.07, 6.45) is 2.12. The van der Waals surface area contributed by atoms with E-state index in [1.54, 1.807) is 35.6 Å². The van der Waals surface area contributed by atoms with Crippen molar-refractivity contribution in [2.45, 2.75) is 37.6 Å². The van der Waals surface area contributed by atoms with Gasteiger partial charge in [0.2, 0.25) is 10.0 Å². The average Bonchev–Trinajstić information content (AvgIpc) is 3.24. The lowest BCUT2D eigenvalue weighted by molar-refractivity contribution is 0.0730. The molecule has 1 saturated heterocycles. The molecular weight excluding hydrogens is 522 g/mol. The molecule has 3 aromatic rings. The van der Waals surface area contributed by atoms with Gasteiger partial charge in [-0.05, 0) is 43.7 Å². The van der Waals surface area contributed by atoms with E-state index in [0.29, 0.717) is 26.3 Å². The smallest absolute Gasteiger partial charge is 0.243 e. The Bertz CT molecular complexity index is 1260. The lowest BCUT2D eigenvalue weighted by Crippen LogP contribution is -2.40. The quantitative estimate of drug-likeness (QED) is 0.385. The maximum Gasteiger partial charge on any atom is 0.243 e. The fraction of sp³-hybridized carbons (Fsp3) is 0.375. The van der Waals surface area contributed by atoms with Gasteiger partial charge in [0.25, 0.3) is 0 Å². The largest absolute Gasteiger partial charge is 0.379 e. The molecule has 1 aromatic heterocycles. The van der Waals surface area contributed by atoms with Crippen LogP contribution in [-0.2, 0) is 14.8 Å². The van der Waals surface area contributed by atoms with Crippen LogP contribution in [0.2, 0.25) is 0 Å². The molecule has 33 heavy (non-hydrogen) atoms. The van der Waals surface area contributed by atoms with E-state index in [0.717, 1.165) is 39.1 Å². The Kier molecular flexibility index (Phi) is 7.86. The number of morpholine rings is 1. The summed E-state index contributed by atoms with van der Waals surface area (Å²) in [6.45, 7) is 6.04. The minimum absolute atomic E-state index is 0.281. The number of sulfonamides is 1. The van der Waals surface area contributed by atoms with E-state index in [4.69, 9.17) is 9.73 Å². The summed E-state index contributed by atoms with van der Waals surface area (Å²) >= 11 is 5.28. The second-order valence-corrected chi connectivity index (χ2v) is 11.6. The van der Waals surface area contributed by atoms with Gasteiger partial charge in [0.15, 0.2) is 4.80 Å². The molecule has 1 aliphatic rings. The van der Waals surface area contributed by atoms with Crippen LogP contribution in [0.5, 0.6) is 0 Å². The molecule has 0 radical (unpaired) electrons. The van der Waals surface area contributed by atoms with E-state index >= 15 is 0 Å². The zero-order valence-corrected chi connectivity index (χ0v) is 22.0. The molecule has 0 N–H and O–H groups in total. The van der Waals surface area contributed by atoms with Crippen LogP contribution in [0.1, 0.15) is 32.7 Å². The first kappa shape index (κ1) is 24.3. The summed E-state index contributed by atoms with van der Waals surface area (Å²) in [5, 5.41) is 2.14. The van der Waals surface area contributed by atoms with Crippen LogP contribution in [0.3, 0.4) is 0 Å². The second-order valence-electron chi connectivity index (χ2n) is 8.01. The molecule has 176 valence electrons. The highest BCUT2D eigenvalue weighted by molar-refractivity contribution is 9.10. The lowest BCUT2D eigenvalue weighted by atomic mass is 10.1. The fourth-order valence-electron chi connectivity index (χ4n) is 3.98. The lowest BCUT2D eigenvalue weighted by Gasteiger charge is -2.26. The predicted molar refractivity (Wildman–Crippen MR) is 136 cm³/mol. The summed E-state index contributed by atoms with van der Waals surface area (Å²) in [5.74, 6) is 0. The minimum atomic E-state index is -3.51. The molecule has 0 saturated carbocycles. The van der Waals surface area contributed by atoms with E-state index in [-0.39, 0.29) is 10.9 Å². The van der Waals surface area contributed by atoms with E-state index in [2.05, 4.69) is 45.8 Å². The van der Waals surface area contributed by atoms with Crippen LogP contribution >= 0.6 is 27.3 Å². The number of halogens is 1. The molecular formula is C24H28BrN3O3S2. The van der Waals surface area contributed by atoms with Gasteiger partial charge in [0.1, 0.15) is 0 Å². The van der Waals surface area contributed by atoms with Crippen molar-refractivity contribution in [3.63, 3.8) is 0 Å². The molecule has 4 rings (SSSR count). The monoisotopic (exact) mass is 549 g/mol. The molecule has 2 aromatic carbocycles. The van der Waals surface area contributed by atoms with E-state index < -0.39 is 10.0 Å². The first-order chi connectivity index (χ1) is 15.9. The second kappa shape index (κ2) is 10.7. The van der Waals surface area contributed by atoms with Gasteiger partial charge < -0.3 is 9.30 Å². The van der Waals surface area contributed by atoms with Gasteiger partial charge in [-0.3, -0.25) is 0 Å². The van der Waals surface area contributed by atoms with Gasteiger partial charge in [0.05, 0.1) is 29.5 Å². The number of benzene rings is 2. The van der Waals surface area contributed by atoms with Crippen molar-refractivity contribution >= 4 is 43.0 Å². The van der Waals surface area contributed by atoms with E-state index in [1.165, 1.54) is 4.31 Å². The Morgan fingerprint density at radius 2 is 1.82 bits per heavy atom. The van der Waals surface area contributed by atoms with Crippen molar-refractivity contribution < 1.29 is 13.2 Å². The zero-order chi connectivity index (χ0) is 23.4. The molecule has 6 nitrogen and oxygen atoms in total. The van der Waals surface area contributed by atoms with E-state index in [9.17, 15) is 8.42 Å². The van der Waals surface area contributed by atoms with Gasteiger partial charge >= 0.3 is 0 Å². The van der Waals surface area contributed by atoms with Crippen molar-refractivity contribution in [3.8, 4) is 11.3 Å². The average molecular weight is 551 g/mol. The number of nitrogens with zero attached hydrogens (tertiary/aromatic N) is 3. The molecule has 0 spiro atoms. The van der Waals surface area contributed by atoms with Crippen LogP contribution in [0.25, 0.3) is 11.3 Å². The zero-order valence-electron chi connectivity index (χ0n) is 18.8. The summed E-state index contributed by atoms with van der Waals surface area (Å²) in [7, 11) is -3.51. The number of ether oxygens (including phenoxy) is 1. The highest BCUT2D eigenvalue weighted by Crippen LogP contribution is 2.31. The summed E-state index contributed by atoms with van der Waals surface area (Å²) < 4.78 is 35.9. The third-order valence-corrected chi connectivity index (χ3v) is 9.15. The van der Waals surface area contributed by atoms with Crippen LogP contribution in [0.15, 0.2) is 68.3 Å². The minimum Gasteiger partial charge on any atom is -0.379 e. The Labute approximate surface area is 207 Å². The first-order valence-electron chi connectivity index (χ1n) is 11.1. The fourth-order valence-corrected chi connectivity index (χ4v) is 6.88. The maximum absolute atomic E-state index is 12.9. The van der Waals surface area contributed by atoms with Gasteiger partial charge in [-0.25, -0.2) is 13.4 Å². The maximum atomic E-state index is 12.9. The van der Waals surface area contributed by atoms with Crippen molar-refractivity contribution in [1.82, 2.24) is 8.87 Å². The number of thiazole rings is 1. The van der Waals surface area contributed by atoms with Crippen LogP contribution in [0.4, 0.5) is 5.69 Å². The van der Waals surface area contributed by atoms with Gasteiger partial charge in [-0.2, -0.15) is 4.31 Å². The topological polar surface area (TPSA) is 63.9 Å². The summed E-state index contributed by atoms with van der Waals surface area (Å²) in [4.78, 5) is 6.08. The Morgan fingerprint density at radius 1 is 1.12 bits per heavy atom. The van der Waals surface area contributed by atoms with E-state index in [1.807, 2.05) is 18.2 Å². The van der Waals surface area contributed by atoms with Crippen LogP contribution < -0.4 is 4.80 Å². The van der Waals surface area contributed by atoms with Crippen molar-refractivity contribution in [2.75, 3.05) is 26.3 Å². The first-order valence-corrected chi connectivity index (χ1v) is 14.2. The van der Waals surface area contributed by atoms with Gasteiger partial charge in [-0.15, -0.1) is 11.3 Å². The predicted octanol–water partition coefficient (Wildman–Crippen LogP) is 5.59. The molecule has 1 fully saturated rings. The highest BCUT2D eigenvalue weighted by Gasteiger charge is 2.26. The van der Waals surface area contributed by atoms with Gasteiger partial charge in [-0.1, -0.05) is 47.5 Å². The number of hydrogen-bond donors (Lipinski definition) is 0. The number of rotatable bonds is 7. The number of hydrogen-bond acceptors (Lipinski definition) is 5. The molecule has 0 bridgehead atoms. The SMILES string of the molecule is CCCC(C)n1c(-c2ccccc2Br)csc1=Nc1ccc(S(=O)(=O)N2CCOCC2)cc1. The molecule has 0 amide bonds. The highest BCUT2D eigenvalue weighted by atomic mass is 79.9. The molecule has 9 heteroatoms. The Balaban J connectivity index is 1.71. The molecule has 0 aliphatic carbocycles. The van der Waals surface area contributed by atoms with Crippen molar-refractivity contribution in [3.05, 3.63) is 63.2 Å². The summed E-state index contributed by atoms with van der Waals surface area (Å²) in [5.41, 5.74) is 2.98. The molecule has 2 heterocycles. The molecule has 1 unspecified atom stereocenters. The third kappa shape index (κ3) is 5.33. The van der Waals surface area contributed by atoms with Crippen LogP contribution in [0, 0.1) is 0 Å². The summed E-state index contributed by atoms with van der Waals surface area (Å²) in [6, 6.07) is 15.3. The molecule has 1 aliphatic heterocycles. The number of aromatic nitrogens is 1. The van der Waals surface area contributed by atoms with Gasteiger partial charge in [0, 0.05) is 34.5 Å². The van der Waals surface area contributed by atoms with Crippen molar-refractivity contribution in [1.29, 1.82) is 0 Å². The van der Waals surface area contributed by atoms with Crippen molar-refractivity contribution in [2.24, 2.45) is 4.99 Å².